The van der Waals surface area contributed by atoms with E-state index in [9.17, 15) is 4.79 Å². The third-order valence-electron chi connectivity index (χ3n) is 1.74. The molecule has 0 bridgehead atoms. The summed E-state index contributed by atoms with van der Waals surface area (Å²) < 4.78 is 3.43. The number of thiophene rings is 1. The molecule has 0 unspecified atom stereocenters. The van der Waals surface area contributed by atoms with Gasteiger partial charge in [0.25, 0.3) is 0 Å². The summed E-state index contributed by atoms with van der Waals surface area (Å²) in [5.74, 6) is 0. The van der Waals surface area contributed by atoms with Crippen LogP contribution in [0.25, 0.3) is 10.1 Å². The van der Waals surface area contributed by atoms with Crippen LogP contribution in [0.2, 0.25) is 0 Å². The molecule has 66 valence electrons. The van der Waals surface area contributed by atoms with E-state index in [2.05, 4.69) is 38.5 Å². The average Bonchev–Trinajstić information content (AvgIpc) is 2.48. The van der Waals surface area contributed by atoms with Crippen molar-refractivity contribution in [2.75, 3.05) is 0 Å². The van der Waals surface area contributed by atoms with Gasteiger partial charge in [0, 0.05) is 29.1 Å². The molecular formula is C9H4BrIOS. The minimum Gasteiger partial charge on any atom is -0.298 e. The van der Waals surface area contributed by atoms with Gasteiger partial charge in [-0.25, -0.2) is 0 Å². The molecule has 1 nitrogen and oxygen atoms in total. The maximum atomic E-state index is 10.6. The van der Waals surface area contributed by atoms with E-state index >= 15 is 0 Å². The van der Waals surface area contributed by atoms with E-state index in [1.54, 1.807) is 11.3 Å². The van der Waals surface area contributed by atoms with Crippen molar-refractivity contribution >= 4 is 66.2 Å². The smallest absolute Gasteiger partial charge is 0.150 e. The molecule has 1 aromatic heterocycles. The van der Waals surface area contributed by atoms with Crippen molar-refractivity contribution in [2.45, 2.75) is 0 Å². The van der Waals surface area contributed by atoms with Gasteiger partial charge in [-0.1, -0.05) is 0 Å². The molecule has 4 heteroatoms. The summed E-state index contributed by atoms with van der Waals surface area (Å²) in [6.45, 7) is 0. The van der Waals surface area contributed by atoms with Crippen LogP contribution < -0.4 is 0 Å². The van der Waals surface area contributed by atoms with Gasteiger partial charge < -0.3 is 0 Å². The molecule has 0 atom stereocenters. The van der Waals surface area contributed by atoms with Crippen LogP contribution in [0.3, 0.4) is 0 Å². The molecule has 1 heterocycles. The second kappa shape index (κ2) is 3.67. The van der Waals surface area contributed by atoms with Gasteiger partial charge in [-0.05, 0) is 50.7 Å². The minimum atomic E-state index is 0.732. The molecule has 0 amide bonds. The normalized spacial score (nSPS) is 10.6. The van der Waals surface area contributed by atoms with Crippen LogP contribution in [0.1, 0.15) is 10.4 Å². The van der Waals surface area contributed by atoms with Crippen molar-refractivity contribution in [1.29, 1.82) is 0 Å². The summed E-state index contributed by atoms with van der Waals surface area (Å²) in [5, 5.41) is 3.17. The van der Waals surface area contributed by atoms with E-state index in [1.165, 1.54) is 4.70 Å². The predicted octanol–water partition coefficient (Wildman–Crippen LogP) is 4.08. The van der Waals surface area contributed by atoms with Crippen LogP contribution in [0, 0.1) is 3.57 Å². The first-order valence-corrected chi connectivity index (χ1v) is 6.29. The zero-order valence-corrected chi connectivity index (χ0v) is 10.9. The Hall–Kier alpha value is 0.0600. The maximum absolute atomic E-state index is 10.6. The quantitative estimate of drug-likeness (QED) is 0.549. The Balaban J connectivity index is 2.87. The molecule has 0 aliphatic rings. The molecule has 2 rings (SSSR count). The van der Waals surface area contributed by atoms with Crippen molar-refractivity contribution in [3.63, 3.8) is 0 Å². The highest BCUT2D eigenvalue weighted by atomic mass is 127. The Labute approximate surface area is 101 Å². The molecule has 0 N–H and O–H groups in total. The summed E-state index contributed by atoms with van der Waals surface area (Å²) in [6, 6.07) is 3.81. The summed E-state index contributed by atoms with van der Waals surface area (Å²) in [5.41, 5.74) is 0.732. The molecule has 0 spiro atoms. The Kier molecular flexibility index (Phi) is 2.71. The Morgan fingerprint density at radius 2 is 2.23 bits per heavy atom. The first-order chi connectivity index (χ1) is 6.22. The van der Waals surface area contributed by atoms with Crippen LogP contribution in [0.4, 0.5) is 0 Å². The van der Waals surface area contributed by atoms with Crippen molar-refractivity contribution in [3.8, 4) is 0 Å². The zero-order valence-electron chi connectivity index (χ0n) is 6.38. The molecular weight excluding hydrogens is 363 g/mol. The standard InChI is InChI=1S/C9H4BrIOS/c10-7-4-13-9-6(7)1-5(3-12)2-8(9)11/h1-4H. The van der Waals surface area contributed by atoms with Crippen molar-refractivity contribution in [3.05, 3.63) is 31.1 Å². The summed E-state index contributed by atoms with van der Waals surface area (Å²) >= 11 is 7.40. The number of hydrogen-bond donors (Lipinski definition) is 0. The van der Waals surface area contributed by atoms with E-state index < -0.39 is 0 Å². The fraction of sp³-hybridized carbons (Fsp3) is 0. The first kappa shape index (κ1) is 9.61. The molecule has 0 aliphatic heterocycles. The van der Waals surface area contributed by atoms with E-state index in [0.717, 1.165) is 25.3 Å². The fourth-order valence-corrected chi connectivity index (χ4v) is 3.73. The molecule has 0 saturated heterocycles. The highest BCUT2D eigenvalue weighted by molar-refractivity contribution is 14.1. The Morgan fingerprint density at radius 1 is 1.46 bits per heavy atom. The minimum absolute atomic E-state index is 0.732. The number of aldehydes is 1. The van der Waals surface area contributed by atoms with Gasteiger partial charge in [0.05, 0.1) is 0 Å². The largest absolute Gasteiger partial charge is 0.298 e. The van der Waals surface area contributed by atoms with Crippen molar-refractivity contribution < 1.29 is 4.79 Å². The molecule has 0 radical (unpaired) electrons. The molecule has 2 aromatic rings. The summed E-state index contributed by atoms with van der Waals surface area (Å²) in [6.07, 6.45) is 0.881. The van der Waals surface area contributed by atoms with Gasteiger partial charge in [-0.15, -0.1) is 11.3 Å². The van der Waals surface area contributed by atoms with Gasteiger partial charge in [-0.3, -0.25) is 4.79 Å². The van der Waals surface area contributed by atoms with E-state index in [1.807, 2.05) is 17.5 Å². The van der Waals surface area contributed by atoms with Crippen LogP contribution in [0.15, 0.2) is 22.0 Å². The third kappa shape index (κ3) is 1.67. The van der Waals surface area contributed by atoms with Gasteiger partial charge in [0.1, 0.15) is 6.29 Å². The number of hydrogen-bond acceptors (Lipinski definition) is 2. The lowest BCUT2D eigenvalue weighted by atomic mass is 10.2. The van der Waals surface area contributed by atoms with Crippen LogP contribution in [-0.2, 0) is 0 Å². The van der Waals surface area contributed by atoms with Crippen molar-refractivity contribution in [2.24, 2.45) is 0 Å². The molecule has 0 fully saturated rings. The van der Waals surface area contributed by atoms with Gasteiger partial charge in [0.15, 0.2) is 0 Å². The first-order valence-electron chi connectivity index (χ1n) is 3.54. The number of rotatable bonds is 1. The Bertz CT molecular complexity index is 478. The molecule has 13 heavy (non-hydrogen) atoms. The topological polar surface area (TPSA) is 17.1 Å². The van der Waals surface area contributed by atoms with Gasteiger partial charge >= 0.3 is 0 Å². The maximum Gasteiger partial charge on any atom is 0.150 e. The molecule has 0 saturated carbocycles. The van der Waals surface area contributed by atoms with E-state index in [4.69, 9.17) is 0 Å². The lowest BCUT2D eigenvalue weighted by molar-refractivity contribution is 0.112. The van der Waals surface area contributed by atoms with Crippen molar-refractivity contribution in [1.82, 2.24) is 0 Å². The van der Waals surface area contributed by atoms with Crippen LogP contribution in [0.5, 0.6) is 0 Å². The fourth-order valence-electron chi connectivity index (χ4n) is 1.15. The van der Waals surface area contributed by atoms with Gasteiger partial charge in [0.2, 0.25) is 0 Å². The lowest BCUT2D eigenvalue weighted by Crippen LogP contribution is -1.81. The number of carbonyl (C=O) groups is 1. The molecule has 0 aliphatic carbocycles. The Morgan fingerprint density at radius 3 is 2.92 bits per heavy atom. The van der Waals surface area contributed by atoms with E-state index in [0.29, 0.717) is 0 Å². The summed E-state index contributed by atoms with van der Waals surface area (Å²) in [4.78, 5) is 10.6. The lowest BCUT2D eigenvalue weighted by Gasteiger charge is -1.96. The second-order valence-corrected chi connectivity index (χ2v) is 5.48. The van der Waals surface area contributed by atoms with Gasteiger partial charge in [-0.2, -0.15) is 0 Å². The summed E-state index contributed by atoms with van der Waals surface area (Å²) in [7, 11) is 0. The average molecular weight is 367 g/mol. The highest BCUT2D eigenvalue weighted by Crippen LogP contribution is 2.34. The number of carbonyl (C=O) groups excluding carboxylic acids is 1. The number of halogens is 2. The van der Waals surface area contributed by atoms with Crippen LogP contribution >= 0.6 is 49.9 Å². The second-order valence-electron chi connectivity index (χ2n) is 2.58. The SMILES string of the molecule is O=Cc1cc(I)c2scc(Br)c2c1. The van der Waals surface area contributed by atoms with E-state index in [-0.39, 0.29) is 0 Å². The predicted molar refractivity (Wildman–Crippen MR) is 67.6 cm³/mol. The number of fused-ring (bicyclic) bond motifs is 1. The highest BCUT2D eigenvalue weighted by Gasteiger charge is 2.06. The number of benzene rings is 1. The zero-order chi connectivity index (χ0) is 9.42. The monoisotopic (exact) mass is 366 g/mol. The third-order valence-corrected chi connectivity index (χ3v) is 4.94. The van der Waals surface area contributed by atoms with Crippen LogP contribution in [-0.4, -0.2) is 6.29 Å². The molecule has 1 aromatic carbocycles.